The second-order valence-corrected chi connectivity index (χ2v) is 16.3. The number of fused-ring (bicyclic) bond motifs is 9. The minimum Gasteiger partial charge on any atom is -0.462 e. The summed E-state index contributed by atoms with van der Waals surface area (Å²) in [5, 5.41) is 0. The monoisotopic (exact) mass is 524 g/mol. The minimum absolute atomic E-state index is 0.0142. The zero-order chi connectivity index (χ0) is 27.0. The molecule has 0 N–H and O–H groups in total. The molecule has 4 heteroatoms. The van der Waals surface area contributed by atoms with Crippen LogP contribution in [0.5, 0.6) is 0 Å². The minimum atomic E-state index is -0.298. The van der Waals surface area contributed by atoms with Crippen LogP contribution in [-0.4, -0.2) is 24.1 Å². The normalized spacial score (nSPS) is 45.7. The van der Waals surface area contributed by atoms with Crippen LogP contribution in [-0.2, 0) is 19.1 Å². The van der Waals surface area contributed by atoms with Crippen LogP contribution in [0.25, 0.3) is 0 Å². The van der Waals surface area contributed by atoms with Crippen LogP contribution in [0.4, 0.5) is 0 Å². The van der Waals surface area contributed by atoms with E-state index < -0.39 is 0 Å². The summed E-state index contributed by atoms with van der Waals surface area (Å²) in [5.74, 6) is 3.53. The maximum absolute atomic E-state index is 13.9. The van der Waals surface area contributed by atoms with Crippen LogP contribution in [0.3, 0.4) is 0 Å². The summed E-state index contributed by atoms with van der Waals surface area (Å²) in [6.07, 6.45) is 15.4. The summed E-state index contributed by atoms with van der Waals surface area (Å²) in [6, 6.07) is 0. The van der Waals surface area contributed by atoms with E-state index in [9.17, 15) is 9.59 Å². The van der Waals surface area contributed by atoms with Gasteiger partial charge in [-0.2, -0.15) is 0 Å². The van der Waals surface area contributed by atoms with Gasteiger partial charge in [0.15, 0.2) is 0 Å². The molecular formula is C34H52O4. The van der Waals surface area contributed by atoms with Gasteiger partial charge in [0.2, 0.25) is 0 Å². The largest absolute Gasteiger partial charge is 0.462 e. The molecule has 4 bridgehead atoms. The van der Waals surface area contributed by atoms with E-state index >= 15 is 0 Å². The van der Waals surface area contributed by atoms with Gasteiger partial charge in [0, 0.05) is 0 Å². The third-order valence-corrected chi connectivity index (χ3v) is 12.3. The topological polar surface area (TPSA) is 52.6 Å². The molecule has 4 nitrogen and oxygen atoms in total. The number of ether oxygens (including phenoxy) is 2. The molecule has 6 rings (SSSR count). The molecule has 0 saturated heterocycles. The van der Waals surface area contributed by atoms with E-state index in [-0.39, 0.29) is 47.8 Å². The molecule has 6 aliphatic rings. The van der Waals surface area contributed by atoms with Crippen LogP contribution >= 0.6 is 0 Å². The van der Waals surface area contributed by atoms with Crippen LogP contribution in [0, 0.1) is 70.0 Å². The number of hydrogen-bond acceptors (Lipinski definition) is 4. The highest BCUT2D eigenvalue weighted by molar-refractivity contribution is 5.84. The number of carbonyl (C=O) groups is 2. The molecule has 0 aliphatic heterocycles. The fourth-order valence-electron chi connectivity index (χ4n) is 10.3. The van der Waals surface area contributed by atoms with Crippen molar-refractivity contribution in [1.29, 1.82) is 0 Å². The molecule has 5 saturated carbocycles. The summed E-state index contributed by atoms with van der Waals surface area (Å²) >= 11 is 0. The van der Waals surface area contributed by atoms with Crippen molar-refractivity contribution < 1.29 is 19.1 Å². The fraction of sp³-hybridized carbons (Fsp3) is 0.882. The van der Waals surface area contributed by atoms with Gasteiger partial charge in [-0.25, -0.2) is 0 Å². The molecular weight excluding hydrogens is 472 g/mol. The summed E-state index contributed by atoms with van der Waals surface area (Å²) in [6.45, 7) is 13.9. The quantitative estimate of drug-likeness (QED) is 0.216. The van der Waals surface area contributed by atoms with Crippen LogP contribution < -0.4 is 0 Å². The predicted octanol–water partition coefficient (Wildman–Crippen LogP) is 7.60. The van der Waals surface area contributed by atoms with Gasteiger partial charge in [-0.3, -0.25) is 9.59 Å². The standard InChI is InChI=1S/C34H52O4/c1-33(2,3)21-9-13-23(14-10-21)37-31(35)29-25-18-26(28-20-8-7-19(17-20)27(25)28)30(29)32(36)38-24-15-11-22(12-16-24)34(4,5)6/h7-8,19-30H,9-18H2,1-6H3. The lowest BCUT2D eigenvalue weighted by Crippen LogP contribution is -2.46. The molecule has 0 amide bonds. The van der Waals surface area contributed by atoms with Crippen molar-refractivity contribution in [1.82, 2.24) is 0 Å². The third kappa shape index (κ3) is 4.68. The highest BCUT2D eigenvalue weighted by Crippen LogP contribution is 2.69. The molecule has 0 aromatic heterocycles. The summed E-state index contributed by atoms with van der Waals surface area (Å²) in [7, 11) is 0. The Morgan fingerprint density at radius 3 is 1.29 bits per heavy atom. The SMILES string of the molecule is CC(C)(C)C1CCC(OC(=O)C2C3CC(C2C(=O)OC2CCC(C(C)(C)C)CC2)C2C4C=CC(C4)C32)CC1. The summed E-state index contributed by atoms with van der Waals surface area (Å²) in [5.41, 5.74) is 0.621. The van der Waals surface area contributed by atoms with Gasteiger partial charge in [0.05, 0.1) is 11.8 Å². The number of carbonyl (C=O) groups excluding carboxylic acids is 2. The lowest BCUT2D eigenvalue weighted by Gasteiger charge is -2.42. The van der Waals surface area contributed by atoms with Gasteiger partial charge < -0.3 is 9.47 Å². The van der Waals surface area contributed by atoms with Crippen molar-refractivity contribution in [2.45, 2.75) is 118 Å². The maximum atomic E-state index is 13.9. The van der Waals surface area contributed by atoms with Crippen LogP contribution in [0.2, 0.25) is 0 Å². The van der Waals surface area contributed by atoms with Crippen LogP contribution in [0.15, 0.2) is 12.2 Å². The molecule has 6 aliphatic carbocycles. The van der Waals surface area contributed by atoms with Crippen molar-refractivity contribution in [2.24, 2.45) is 70.0 Å². The molecule has 8 atom stereocenters. The summed E-state index contributed by atoms with van der Waals surface area (Å²) < 4.78 is 12.5. The zero-order valence-electron chi connectivity index (χ0n) is 24.8. The molecule has 0 radical (unpaired) electrons. The first-order valence-electron chi connectivity index (χ1n) is 16.0. The Bertz CT molecular complexity index is 863. The van der Waals surface area contributed by atoms with E-state index in [1.165, 1.54) is 6.42 Å². The zero-order valence-corrected chi connectivity index (χ0v) is 24.8. The van der Waals surface area contributed by atoms with E-state index in [1.54, 1.807) is 0 Å². The first kappa shape index (κ1) is 26.9. The molecule has 0 aromatic carbocycles. The molecule has 0 heterocycles. The molecule has 5 fully saturated rings. The molecule has 0 aromatic rings. The molecule has 8 unspecified atom stereocenters. The third-order valence-electron chi connectivity index (χ3n) is 12.3. The number of rotatable bonds is 4. The van der Waals surface area contributed by atoms with E-state index in [4.69, 9.17) is 9.47 Å². The van der Waals surface area contributed by atoms with Gasteiger partial charge in [0.25, 0.3) is 0 Å². The second-order valence-electron chi connectivity index (χ2n) is 16.3. The van der Waals surface area contributed by atoms with Gasteiger partial charge >= 0.3 is 11.9 Å². The van der Waals surface area contributed by atoms with Gasteiger partial charge in [-0.05, 0) is 122 Å². The number of esters is 2. The highest BCUT2D eigenvalue weighted by Gasteiger charge is 2.68. The van der Waals surface area contributed by atoms with E-state index in [2.05, 4.69) is 53.7 Å². The first-order valence-corrected chi connectivity index (χ1v) is 16.0. The first-order chi connectivity index (χ1) is 17.9. The van der Waals surface area contributed by atoms with E-state index in [0.717, 1.165) is 57.8 Å². The van der Waals surface area contributed by atoms with E-state index in [0.29, 0.717) is 46.3 Å². The van der Waals surface area contributed by atoms with Gasteiger partial charge in [-0.15, -0.1) is 0 Å². The van der Waals surface area contributed by atoms with Crippen molar-refractivity contribution in [3.8, 4) is 0 Å². The Morgan fingerprint density at radius 1 is 0.579 bits per heavy atom. The van der Waals surface area contributed by atoms with Crippen molar-refractivity contribution in [3.05, 3.63) is 12.2 Å². The highest BCUT2D eigenvalue weighted by atomic mass is 16.6. The van der Waals surface area contributed by atoms with Gasteiger partial charge in [0.1, 0.15) is 12.2 Å². The Morgan fingerprint density at radius 2 is 0.947 bits per heavy atom. The van der Waals surface area contributed by atoms with Gasteiger partial charge in [-0.1, -0.05) is 53.7 Å². The lowest BCUT2D eigenvalue weighted by atomic mass is 9.64. The van der Waals surface area contributed by atoms with Crippen molar-refractivity contribution in [2.75, 3.05) is 0 Å². The Kier molecular flexibility index (Phi) is 6.83. The molecule has 212 valence electrons. The Hall–Kier alpha value is -1.32. The molecule has 0 spiro atoms. The molecule has 38 heavy (non-hydrogen) atoms. The average molecular weight is 525 g/mol. The van der Waals surface area contributed by atoms with E-state index in [1.807, 2.05) is 0 Å². The summed E-state index contributed by atoms with van der Waals surface area (Å²) in [4.78, 5) is 27.8. The lowest BCUT2D eigenvalue weighted by molar-refractivity contribution is -0.174. The number of allylic oxidation sites excluding steroid dienone is 2. The second kappa shape index (κ2) is 9.65. The predicted molar refractivity (Wildman–Crippen MR) is 149 cm³/mol. The smallest absolute Gasteiger partial charge is 0.310 e. The average Bonchev–Trinajstić information content (AvgIpc) is 3.62. The number of hydrogen-bond donors (Lipinski definition) is 0. The van der Waals surface area contributed by atoms with Crippen molar-refractivity contribution >= 4 is 11.9 Å². The maximum Gasteiger partial charge on any atom is 0.310 e. The Labute approximate surface area is 231 Å². The Balaban J connectivity index is 1.14. The fourth-order valence-corrected chi connectivity index (χ4v) is 10.3. The van der Waals surface area contributed by atoms with Crippen molar-refractivity contribution in [3.63, 3.8) is 0 Å². The van der Waals surface area contributed by atoms with Crippen LogP contribution in [0.1, 0.15) is 106 Å².